The van der Waals surface area contributed by atoms with Crippen LogP contribution in [0.25, 0.3) is 0 Å². The Morgan fingerprint density at radius 1 is 0.875 bits per heavy atom. The Hall–Kier alpha value is -3.23. The van der Waals surface area contributed by atoms with Crippen molar-refractivity contribution in [1.82, 2.24) is 9.80 Å². The minimum absolute atomic E-state index is 0.0620. The van der Waals surface area contributed by atoms with Crippen molar-refractivity contribution in [2.75, 3.05) is 40.4 Å². The summed E-state index contributed by atoms with van der Waals surface area (Å²) in [5, 5.41) is 0. The van der Waals surface area contributed by atoms with Gasteiger partial charge in [0.05, 0.1) is 19.8 Å². The summed E-state index contributed by atoms with van der Waals surface area (Å²) in [5.74, 6) is -4.10. The predicted octanol–water partition coefficient (Wildman–Crippen LogP) is 3.43. The molecule has 32 heavy (non-hydrogen) atoms. The average Bonchev–Trinajstić information content (AvgIpc) is 3.07. The van der Waals surface area contributed by atoms with Gasteiger partial charge in [-0.25, -0.2) is 13.2 Å². The number of nitrogens with zero attached hydrogens (tertiary/aromatic N) is 2. The van der Waals surface area contributed by atoms with Crippen molar-refractivity contribution in [2.45, 2.75) is 19.3 Å². The Balaban J connectivity index is 1.58. The molecule has 2 amide bonds. The SMILES string of the molecule is COc1ccc(CCC(=O)N2CCCN(C(=O)c3ccc(F)c(F)c3F)CC2)cc1OC. The normalized spacial score (nSPS) is 14.2. The number of ether oxygens (including phenoxy) is 2. The zero-order valence-electron chi connectivity index (χ0n) is 18.0. The van der Waals surface area contributed by atoms with Crippen LogP contribution in [0.4, 0.5) is 13.2 Å². The molecule has 1 aliphatic heterocycles. The molecule has 1 heterocycles. The summed E-state index contributed by atoms with van der Waals surface area (Å²) in [5.41, 5.74) is 0.411. The Bertz CT molecular complexity index is 999. The molecular weight excluding hydrogens is 425 g/mol. The number of methoxy groups -OCH3 is 2. The van der Waals surface area contributed by atoms with Crippen molar-refractivity contribution < 1.29 is 32.2 Å². The standard InChI is InChI=1S/C23H25F3N2O4/c1-31-18-8-4-15(14-19(18)32-2)5-9-20(29)27-10-3-11-28(13-12-27)23(30)16-6-7-17(24)22(26)21(16)25/h4,6-8,14H,3,5,9-13H2,1-2H3. The molecule has 0 atom stereocenters. The topological polar surface area (TPSA) is 59.1 Å². The van der Waals surface area contributed by atoms with Crippen LogP contribution in [-0.4, -0.2) is 62.0 Å². The molecule has 2 aromatic carbocycles. The second kappa shape index (κ2) is 10.4. The highest BCUT2D eigenvalue weighted by Crippen LogP contribution is 2.28. The molecule has 0 N–H and O–H groups in total. The Morgan fingerprint density at radius 3 is 2.28 bits per heavy atom. The molecule has 0 saturated carbocycles. The molecule has 0 spiro atoms. The maximum atomic E-state index is 14.0. The van der Waals surface area contributed by atoms with Gasteiger partial charge >= 0.3 is 0 Å². The van der Waals surface area contributed by atoms with Crippen LogP contribution in [0, 0.1) is 17.5 Å². The minimum atomic E-state index is -1.67. The van der Waals surface area contributed by atoms with E-state index in [1.165, 1.54) is 4.90 Å². The van der Waals surface area contributed by atoms with Gasteiger partial charge in [0.2, 0.25) is 5.91 Å². The van der Waals surface area contributed by atoms with E-state index in [0.717, 1.165) is 17.7 Å². The second-order valence-electron chi connectivity index (χ2n) is 7.44. The van der Waals surface area contributed by atoms with Crippen molar-refractivity contribution in [3.8, 4) is 11.5 Å². The van der Waals surface area contributed by atoms with Gasteiger partial charge in [0.1, 0.15) is 0 Å². The van der Waals surface area contributed by atoms with Crippen molar-refractivity contribution in [1.29, 1.82) is 0 Å². The van der Waals surface area contributed by atoms with Crippen LogP contribution >= 0.6 is 0 Å². The van der Waals surface area contributed by atoms with Crippen molar-refractivity contribution in [3.05, 3.63) is 58.9 Å². The molecule has 1 aliphatic rings. The van der Waals surface area contributed by atoms with Crippen molar-refractivity contribution >= 4 is 11.8 Å². The smallest absolute Gasteiger partial charge is 0.257 e. The third-order valence-electron chi connectivity index (χ3n) is 5.48. The minimum Gasteiger partial charge on any atom is -0.493 e. The summed E-state index contributed by atoms with van der Waals surface area (Å²) >= 11 is 0. The van der Waals surface area contributed by atoms with Crippen LogP contribution in [0.3, 0.4) is 0 Å². The van der Waals surface area contributed by atoms with E-state index in [0.29, 0.717) is 30.9 Å². The molecule has 0 bridgehead atoms. The van der Waals surface area contributed by atoms with E-state index >= 15 is 0 Å². The average molecular weight is 450 g/mol. The van der Waals surface area contributed by atoms with E-state index in [-0.39, 0.29) is 32.0 Å². The Labute approximate surface area is 184 Å². The highest BCUT2D eigenvalue weighted by Gasteiger charge is 2.26. The Kier molecular flexibility index (Phi) is 7.61. The summed E-state index contributed by atoms with van der Waals surface area (Å²) in [6, 6.07) is 7.14. The van der Waals surface area contributed by atoms with E-state index in [9.17, 15) is 22.8 Å². The Morgan fingerprint density at radius 2 is 1.56 bits per heavy atom. The lowest BCUT2D eigenvalue weighted by atomic mass is 10.1. The lowest BCUT2D eigenvalue weighted by Gasteiger charge is -2.22. The van der Waals surface area contributed by atoms with Crippen LogP contribution in [-0.2, 0) is 11.2 Å². The van der Waals surface area contributed by atoms with Gasteiger partial charge in [-0.15, -0.1) is 0 Å². The van der Waals surface area contributed by atoms with Gasteiger partial charge in [-0.3, -0.25) is 9.59 Å². The maximum Gasteiger partial charge on any atom is 0.257 e. The lowest BCUT2D eigenvalue weighted by molar-refractivity contribution is -0.131. The number of hydrogen-bond acceptors (Lipinski definition) is 4. The van der Waals surface area contributed by atoms with Gasteiger partial charge in [-0.1, -0.05) is 6.07 Å². The number of carbonyl (C=O) groups excluding carboxylic acids is 2. The van der Waals surface area contributed by atoms with Gasteiger partial charge in [0, 0.05) is 32.6 Å². The summed E-state index contributed by atoms with van der Waals surface area (Å²) in [6.07, 6.45) is 1.29. The van der Waals surface area contributed by atoms with Crippen LogP contribution in [0.2, 0.25) is 0 Å². The molecular formula is C23H25F3N2O4. The number of benzene rings is 2. The first kappa shape index (κ1) is 23.4. The molecule has 6 nitrogen and oxygen atoms in total. The number of amides is 2. The molecule has 3 rings (SSSR count). The largest absolute Gasteiger partial charge is 0.493 e. The first-order valence-corrected chi connectivity index (χ1v) is 10.3. The van der Waals surface area contributed by atoms with E-state index in [1.54, 1.807) is 25.2 Å². The number of rotatable bonds is 6. The van der Waals surface area contributed by atoms with Gasteiger partial charge in [0.25, 0.3) is 5.91 Å². The molecule has 0 aliphatic carbocycles. The summed E-state index contributed by atoms with van der Waals surface area (Å²) < 4.78 is 51.1. The first-order valence-electron chi connectivity index (χ1n) is 10.3. The number of hydrogen-bond donors (Lipinski definition) is 0. The van der Waals surface area contributed by atoms with Crippen LogP contribution < -0.4 is 9.47 Å². The van der Waals surface area contributed by atoms with E-state index in [4.69, 9.17) is 9.47 Å². The van der Waals surface area contributed by atoms with Crippen molar-refractivity contribution in [2.24, 2.45) is 0 Å². The highest BCUT2D eigenvalue weighted by atomic mass is 19.2. The van der Waals surface area contributed by atoms with Gasteiger partial charge < -0.3 is 19.3 Å². The van der Waals surface area contributed by atoms with Crippen LogP contribution in [0.1, 0.15) is 28.8 Å². The third-order valence-corrected chi connectivity index (χ3v) is 5.48. The fraction of sp³-hybridized carbons (Fsp3) is 0.391. The molecule has 1 fully saturated rings. The number of aryl methyl sites for hydroxylation is 1. The van der Waals surface area contributed by atoms with Gasteiger partial charge in [-0.05, 0) is 42.7 Å². The predicted molar refractivity (Wildman–Crippen MR) is 111 cm³/mol. The summed E-state index contributed by atoms with van der Waals surface area (Å²) in [7, 11) is 3.10. The molecule has 172 valence electrons. The number of halogens is 3. The monoisotopic (exact) mass is 450 g/mol. The third kappa shape index (κ3) is 5.15. The molecule has 9 heteroatoms. The van der Waals surface area contributed by atoms with E-state index in [1.807, 2.05) is 12.1 Å². The zero-order valence-corrected chi connectivity index (χ0v) is 18.0. The van der Waals surface area contributed by atoms with Gasteiger partial charge in [-0.2, -0.15) is 0 Å². The van der Waals surface area contributed by atoms with Crippen LogP contribution in [0.5, 0.6) is 11.5 Å². The molecule has 1 saturated heterocycles. The first-order chi connectivity index (χ1) is 15.3. The van der Waals surface area contributed by atoms with Gasteiger partial charge in [0.15, 0.2) is 29.0 Å². The lowest BCUT2D eigenvalue weighted by Crippen LogP contribution is -2.37. The summed E-state index contributed by atoms with van der Waals surface area (Å²) in [4.78, 5) is 28.3. The zero-order chi connectivity index (χ0) is 23.3. The second-order valence-corrected chi connectivity index (χ2v) is 7.44. The quantitative estimate of drug-likeness (QED) is 0.633. The van der Waals surface area contributed by atoms with E-state index in [2.05, 4.69) is 0 Å². The molecule has 0 radical (unpaired) electrons. The van der Waals surface area contributed by atoms with Crippen LogP contribution in [0.15, 0.2) is 30.3 Å². The maximum absolute atomic E-state index is 14.0. The summed E-state index contributed by atoms with van der Waals surface area (Å²) in [6.45, 7) is 1.20. The number of carbonyl (C=O) groups is 2. The highest BCUT2D eigenvalue weighted by molar-refractivity contribution is 5.94. The van der Waals surface area contributed by atoms with E-state index < -0.39 is 28.9 Å². The molecule has 0 aromatic heterocycles. The fourth-order valence-corrected chi connectivity index (χ4v) is 3.68. The molecule has 2 aromatic rings. The van der Waals surface area contributed by atoms with Crippen molar-refractivity contribution in [3.63, 3.8) is 0 Å². The molecule has 0 unspecified atom stereocenters. The fourth-order valence-electron chi connectivity index (χ4n) is 3.68.